The molecule has 1 aromatic carbocycles. The Kier molecular flexibility index (Phi) is 2.88. The van der Waals surface area contributed by atoms with Gasteiger partial charge in [0, 0.05) is 0 Å². The van der Waals surface area contributed by atoms with Crippen LogP contribution in [0.15, 0.2) is 18.2 Å². The van der Waals surface area contributed by atoms with Crippen LogP contribution in [0.4, 0.5) is 18.9 Å². The molecule has 0 aliphatic carbocycles. The molecular weight excluding hydrogens is 195 g/mol. The second-order valence-corrected chi connectivity index (χ2v) is 2.73. The second kappa shape index (κ2) is 3.77. The third kappa shape index (κ3) is 2.55. The van der Waals surface area contributed by atoms with Gasteiger partial charge in [0.15, 0.2) is 5.75 Å². The maximum atomic E-state index is 11.9. The molecular formula is C9H10F3NO. The number of anilines is 1. The largest absolute Gasteiger partial charge is 0.573 e. The summed E-state index contributed by atoms with van der Waals surface area (Å²) in [6.07, 6.45) is -4.12. The number of benzene rings is 1. The van der Waals surface area contributed by atoms with Crippen LogP contribution in [0.3, 0.4) is 0 Å². The molecule has 0 saturated carbocycles. The number of nitrogens with two attached hydrogens (primary N) is 1. The van der Waals surface area contributed by atoms with Crippen molar-refractivity contribution in [1.29, 1.82) is 0 Å². The van der Waals surface area contributed by atoms with Gasteiger partial charge in [0.25, 0.3) is 0 Å². The third-order valence-electron chi connectivity index (χ3n) is 1.76. The summed E-state index contributed by atoms with van der Waals surface area (Å²) in [6, 6.07) is 4.34. The van der Waals surface area contributed by atoms with Crippen LogP contribution in [0, 0.1) is 0 Å². The lowest BCUT2D eigenvalue weighted by molar-refractivity contribution is -0.274. The molecule has 5 heteroatoms. The van der Waals surface area contributed by atoms with Crippen molar-refractivity contribution in [2.24, 2.45) is 0 Å². The SMILES string of the molecule is CCc1cccc(OC(F)(F)F)c1N. The first-order valence-electron chi connectivity index (χ1n) is 4.07. The molecule has 0 aromatic heterocycles. The average Bonchev–Trinajstić information content (AvgIpc) is 2.06. The highest BCUT2D eigenvalue weighted by Crippen LogP contribution is 2.30. The molecule has 0 spiro atoms. The van der Waals surface area contributed by atoms with Gasteiger partial charge in [0.1, 0.15) is 0 Å². The van der Waals surface area contributed by atoms with Gasteiger partial charge in [0.2, 0.25) is 0 Å². The van der Waals surface area contributed by atoms with Gasteiger partial charge in [0.05, 0.1) is 5.69 Å². The smallest absolute Gasteiger partial charge is 0.404 e. The number of hydrogen-bond acceptors (Lipinski definition) is 2. The lowest BCUT2D eigenvalue weighted by atomic mass is 10.1. The normalized spacial score (nSPS) is 11.4. The van der Waals surface area contributed by atoms with E-state index >= 15 is 0 Å². The fraction of sp³-hybridized carbons (Fsp3) is 0.333. The molecule has 0 radical (unpaired) electrons. The van der Waals surface area contributed by atoms with Crippen LogP contribution in [0.2, 0.25) is 0 Å². The zero-order chi connectivity index (χ0) is 10.8. The van der Waals surface area contributed by atoms with E-state index in [9.17, 15) is 13.2 Å². The van der Waals surface area contributed by atoms with Crippen molar-refractivity contribution < 1.29 is 17.9 Å². The van der Waals surface area contributed by atoms with Gasteiger partial charge in [-0.3, -0.25) is 0 Å². The van der Waals surface area contributed by atoms with Gasteiger partial charge in [-0.1, -0.05) is 19.1 Å². The van der Waals surface area contributed by atoms with Gasteiger partial charge >= 0.3 is 6.36 Å². The van der Waals surface area contributed by atoms with Gasteiger partial charge in [-0.2, -0.15) is 0 Å². The van der Waals surface area contributed by atoms with Gasteiger partial charge in [-0.05, 0) is 18.1 Å². The number of hydrogen-bond donors (Lipinski definition) is 1. The standard InChI is InChI=1S/C9H10F3NO/c1-2-6-4-3-5-7(8(6)13)14-9(10,11)12/h3-5H,2,13H2,1H3. The van der Waals surface area contributed by atoms with Gasteiger partial charge < -0.3 is 10.5 Å². The molecule has 0 saturated heterocycles. The van der Waals surface area contributed by atoms with Crippen LogP contribution < -0.4 is 10.5 Å². The molecule has 0 aliphatic rings. The quantitative estimate of drug-likeness (QED) is 0.753. The summed E-state index contributed by atoms with van der Waals surface area (Å²) >= 11 is 0. The minimum absolute atomic E-state index is 0.0484. The summed E-state index contributed by atoms with van der Waals surface area (Å²) in [5, 5.41) is 0. The van der Waals surface area contributed by atoms with Crippen molar-refractivity contribution in [3.63, 3.8) is 0 Å². The third-order valence-corrected chi connectivity index (χ3v) is 1.76. The first kappa shape index (κ1) is 10.7. The summed E-state index contributed by atoms with van der Waals surface area (Å²) in [7, 11) is 0. The molecule has 0 bridgehead atoms. The molecule has 0 atom stereocenters. The van der Waals surface area contributed by atoms with E-state index in [2.05, 4.69) is 4.74 Å². The van der Waals surface area contributed by atoms with E-state index in [-0.39, 0.29) is 11.4 Å². The highest BCUT2D eigenvalue weighted by atomic mass is 19.4. The Morgan fingerprint density at radius 2 is 2.00 bits per heavy atom. The molecule has 1 rings (SSSR count). The number of aryl methyl sites for hydroxylation is 1. The first-order chi connectivity index (χ1) is 6.44. The first-order valence-corrected chi connectivity index (χ1v) is 4.07. The molecule has 1 aromatic rings. The minimum atomic E-state index is -4.69. The molecule has 0 unspecified atom stereocenters. The molecule has 0 aliphatic heterocycles. The summed E-state index contributed by atoms with van der Waals surface area (Å²) in [5.74, 6) is -0.336. The zero-order valence-corrected chi connectivity index (χ0v) is 7.56. The topological polar surface area (TPSA) is 35.2 Å². The zero-order valence-electron chi connectivity index (χ0n) is 7.56. The van der Waals surface area contributed by atoms with E-state index in [4.69, 9.17) is 5.73 Å². The van der Waals surface area contributed by atoms with E-state index < -0.39 is 6.36 Å². The molecule has 0 amide bonds. The summed E-state index contributed by atoms with van der Waals surface area (Å²) in [6.45, 7) is 1.81. The highest BCUT2D eigenvalue weighted by Gasteiger charge is 2.32. The minimum Gasteiger partial charge on any atom is -0.404 e. The predicted molar refractivity (Wildman–Crippen MR) is 46.9 cm³/mol. The van der Waals surface area contributed by atoms with Crippen LogP contribution in [-0.2, 0) is 6.42 Å². The Morgan fingerprint density at radius 3 is 2.50 bits per heavy atom. The Bertz CT molecular complexity index is 322. The van der Waals surface area contributed by atoms with Crippen molar-refractivity contribution in [3.05, 3.63) is 23.8 Å². The lowest BCUT2D eigenvalue weighted by Crippen LogP contribution is -2.18. The Hall–Kier alpha value is -1.39. The fourth-order valence-electron chi connectivity index (χ4n) is 1.11. The van der Waals surface area contributed by atoms with E-state index in [0.29, 0.717) is 12.0 Å². The Morgan fingerprint density at radius 1 is 1.36 bits per heavy atom. The Balaban J connectivity index is 2.98. The maximum Gasteiger partial charge on any atom is 0.573 e. The maximum absolute atomic E-state index is 11.9. The molecule has 14 heavy (non-hydrogen) atoms. The second-order valence-electron chi connectivity index (χ2n) is 2.73. The summed E-state index contributed by atoms with van der Waals surface area (Å²) < 4.78 is 39.4. The van der Waals surface area contributed by atoms with Crippen LogP contribution in [0.5, 0.6) is 5.75 Å². The number of ether oxygens (including phenoxy) is 1. The lowest BCUT2D eigenvalue weighted by Gasteiger charge is -2.12. The number of halogens is 3. The number of rotatable bonds is 2. The number of para-hydroxylation sites is 1. The number of alkyl halides is 3. The van der Waals surface area contributed by atoms with Crippen molar-refractivity contribution in [2.45, 2.75) is 19.7 Å². The fourth-order valence-corrected chi connectivity index (χ4v) is 1.11. The van der Waals surface area contributed by atoms with E-state index in [0.717, 1.165) is 0 Å². The van der Waals surface area contributed by atoms with Gasteiger partial charge in [-0.25, -0.2) is 0 Å². The summed E-state index contributed by atoms with van der Waals surface area (Å²) in [4.78, 5) is 0. The van der Waals surface area contributed by atoms with Crippen LogP contribution in [0.25, 0.3) is 0 Å². The molecule has 0 heterocycles. The van der Waals surface area contributed by atoms with E-state index in [1.165, 1.54) is 12.1 Å². The summed E-state index contributed by atoms with van der Waals surface area (Å²) in [5.41, 5.74) is 6.17. The van der Waals surface area contributed by atoms with Crippen molar-refractivity contribution in [3.8, 4) is 5.75 Å². The Labute approximate surface area is 79.5 Å². The molecule has 2 N–H and O–H groups in total. The van der Waals surface area contributed by atoms with E-state index in [1.54, 1.807) is 6.07 Å². The van der Waals surface area contributed by atoms with Crippen molar-refractivity contribution in [1.82, 2.24) is 0 Å². The van der Waals surface area contributed by atoms with Crippen LogP contribution in [0.1, 0.15) is 12.5 Å². The van der Waals surface area contributed by atoms with Crippen molar-refractivity contribution in [2.75, 3.05) is 5.73 Å². The molecule has 0 fully saturated rings. The highest BCUT2D eigenvalue weighted by molar-refractivity contribution is 5.58. The average molecular weight is 205 g/mol. The molecule has 2 nitrogen and oxygen atoms in total. The van der Waals surface area contributed by atoms with E-state index in [1.807, 2.05) is 6.92 Å². The monoisotopic (exact) mass is 205 g/mol. The molecule has 78 valence electrons. The number of nitrogen functional groups attached to an aromatic ring is 1. The van der Waals surface area contributed by atoms with Crippen molar-refractivity contribution >= 4 is 5.69 Å². The van der Waals surface area contributed by atoms with Crippen LogP contribution in [-0.4, -0.2) is 6.36 Å². The van der Waals surface area contributed by atoms with Gasteiger partial charge in [-0.15, -0.1) is 13.2 Å². The predicted octanol–water partition coefficient (Wildman–Crippen LogP) is 2.73. The van der Waals surface area contributed by atoms with Crippen LogP contribution >= 0.6 is 0 Å².